The van der Waals surface area contributed by atoms with Crippen molar-refractivity contribution in [3.63, 3.8) is 0 Å². The molecule has 4 rings (SSSR count). The fourth-order valence-electron chi connectivity index (χ4n) is 4.65. The molecular formula is C31H52F3N5O4SSi. The zero-order chi connectivity index (χ0) is 33.2. The molecule has 0 bridgehead atoms. The van der Waals surface area contributed by atoms with E-state index < -0.39 is 54.7 Å². The van der Waals surface area contributed by atoms with Crippen LogP contribution in [0.4, 0.5) is 13.2 Å². The maximum Gasteiger partial charge on any atom is 0.404 e. The lowest BCUT2D eigenvalue weighted by atomic mass is 10.1. The van der Waals surface area contributed by atoms with Gasteiger partial charge in [-0.15, -0.1) is 0 Å². The second-order valence-corrected chi connectivity index (χ2v) is 22.3. The van der Waals surface area contributed by atoms with Crippen LogP contribution in [0.1, 0.15) is 76.8 Å². The summed E-state index contributed by atoms with van der Waals surface area (Å²) in [4.78, 5) is 5.05. The molecular weight excluding hydrogens is 624 g/mol. The molecule has 9 nitrogen and oxygen atoms in total. The lowest BCUT2D eigenvalue weighted by molar-refractivity contribution is -0.147. The van der Waals surface area contributed by atoms with Crippen LogP contribution in [0.25, 0.3) is 11.0 Å². The molecule has 5 atom stereocenters. The molecule has 0 aliphatic heterocycles. The van der Waals surface area contributed by atoms with Crippen LogP contribution in [0.15, 0.2) is 18.2 Å². The lowest BCUT2D eigenvalue weighted by Crippen LogP contribution is -2.46. The summed E-state index contributed by atoms with van der Waals surface area (Å²) < 4.78 is 76.2. The highest BCUT2D eigenvalue weighted by molar-refractivity contribution is 7.84. The maximum atomic E-state index is 13.4. The second kappa shape index (κ2) is 14.8. The minimum atomic E-state index is -4.50. The third-order valence-corrected chi connectivity index (χ3v) is 11.2. The van der Waals surface area contributed by atoms with Gasteiger partial charge in [0.05, 0.1) is 57.7 Å². The molecule has 1 aromatic heterocycles. The Morgan fingerprint density at radius 2 is 1.80 bits per heavy atom. The Hall–Kier alpha value is -1.39. The van der Waals surface area contributed by atoms with Crippen molar-refractivity contribution in [2.24, 2.45) is 5.73 Å². The van der Waals surface area contributed by atoms with Crippen molar-refractivity contribution >= 4 is 30.1 Å². The zero-order valence-electron chi connectivity index (χ0n) is 27.7. The number of rotatable bonds is 18. The molecule has 0 amide bonds. The van der Waals surface area contributed by atoms with Crippen LogP contribution in [0, 0.1) is 0 Å². The first-order chi connectivity index (χ1) is 20.9. The van der Waals surface area contributed by atoms with Crippen LogP contribution in [0.5, 0.6) is 0 Å². The number of hydrogen-bond acceptors (Lipinski definition) is 7. The smallest absolute Gasteiger partial charge is 0.376 e. The molecule has 1 heterocycles. The molecule has 2 aromatic rings. The summed E-state index contributed by atoms with van der Waals surface area (Å²) in [5, 5.41) is 2.98. The van der Waals surface area contributed by atoms with Gasteiger partial charge in [-0.25, -0.2) is 13.9 Å². The van der Waals surface area contributed by atoms with Crippen molar-refractivity contribution in [3.05, 3.63) is 29.6 Å². The molecule has 2 aliphatic carbocycles. The summed E-state index contributed by atoms with van der Waals surface area (Å²) >= 11 is 0. The molecule has 0 unspecified atom stereocenters. The molecule has 1 aromatic carbocycles. The minimum absolute atomic E-state index is 0.136. The van der Waals surface area contributed by atoms with Crippen LogP contribution in [0.3, 0.4) is 0 Å². The van der Waals surface area contributed by atoms with Gasteiger partial charge in [-0.05, 0) is 77.1 Å². The van der Waals surface area contributed by atoms with Gasteiger partial charge in [0.15, 0.2) is 0 Å². The highest BCUT2D eigenvalue weighted by Crippen LogP contribution is 2.33. The van der Waals surface area contributed by atoms with Crippen molar-refractivity contribution < 1.29 is 31.6 Å². The van der Waals surface area contributed by atoms with Crippen LogP contribution < -0.4 is 15.8 Å². The number of imidazole rings is 1. The van der Waals surface area contributed by atoms with Gasteiger partial charge >= 0.3 is 6.18 Å². The molecule has 0 spiro atoms. The standard InChI is InChI=1S/C31H52F3N5O4SSi/c1-20(43-23-11-12-23)28(38-44(40)30(2,3)4)29-37-24-16-21(8-13-26(24)39(29)19-41-14-15-45(5,6)7)25(18-42-22-9-10-22)36-17-27(35)31(32,33)34/h8,13,16,20,22-23,25,27-28,36,38H,9-12,14-15,17-19,35H2,1-7H3/t20-,25-,27+,28+,44-/m1/s1. The third kappa shape index (κ3) is 11.1. The fraction of sp³-hybridized carbons (Fsp3) is 0.774. The summed E-state index contributed by atoms with van der Waals surface area (Å²) in [6, 6.07) is 3.69. The number of ether oxygens (including phenoxy) is 3. The van der Waals surface area contributed by atoms with Gasteiger partial charge in [0.1, 0.15) is 24.6 Å². The SMILES string of the molecule is C[C@@H](OC1CC1)[C@H](N[S@](=O)C(C)(C)C)c1nc2cc([C@@H](COC3CC3)NC[C@H](N)C(F)(F)F)ccc2n1COCC[Si](C)(C)C. The van der Waals surface area contributed by atoms with Crippen molar-refractivity contribution in [2.75, 3.05) is 19.8 Å². The van der Waals surface area contributed by atoms with Gasteiger partial charge in [-0.3, -0.25) is 0 Å². The molecule has 4 N–H and O–H groups in total. The highest BCUT2D eigenvalue weighted by Gasteiger charge is 2.38. The topological polar surface area (TPSA) is 113 Å². The summed E-state index contributed by atoms with van der Waals surface area (Å²) in [5.74, 6) is 0.638. The number of hydrogen-bond donors (Lipinski definition) is 3. The van der Waals surface area contributed by atoms with Gasteiger partial charge in [0, 0.05) is 21.2 Å². The predicted molar refractivity (Wildman–Crippen MR) is 175 cm³/mol. The van der Waals surface area contributed by atoms with Crippen molar-refractivity contribution in [3.8, 4) is 0 Å². The molecule has 256 valence electrons. The molecule has 0 radical (unpaired) electrons. The van der Waals surface area contributed by atoms with E-state index in [0.29, 0.717) is 17.9 Å². The first-order valence-corrected chi connectivity index (χ1v) is 20.9. The molecule has 0 saturated heterocycles. The number of alkyl halides is 3. The summed E-state index contributed by atoms with van der Waals surface area (Å²) in [6.07, 6.45) is -0.636. The number of fused-ring (bicyclic) bond motifs is 1. The molecule has 2 fully saturated rings. The van der Waals surface area contributed by atoms with E-state index in [4.69, 9.17) is 24.9 Å². The average Bonchev–Trinajstić information content (AvgIpc) is 3.86. The van der Waals surface area contributed by atoms with E-state index in [-0.39, 0.29) is 31.6 Å². The first-order valence-electron chi connectivity index (χ1n) is 16.0. The fourth-order valence-corrected chi connectivity index (χ4v) is 6.29. The normalized spacial score (nSPS) is 19.9. The number of halogens is 3. The van der Waals surface area contributed by atoms with E-state index in [0.717, 1.165) is 42.8 Å². The largest absolute Gasteiger partial charge is 0.404 e. The Bertz CT molecular complexity index is 1290. The number of nitrogens with two attached hydrogens (primary N) is 1. The van der Waals surface area contributed by atoms with Crippen molar-refractivity contribution in [1.82, 2.24) is 19.6 Å². The van der Waals surface area contributed by atoms with Gasteiger partial charge in [-0.1, -0.05) is 25.7 Å². The Morgan fingerprint density at radius 1 is 1.13 bits per heavy atom. The van der Waals surface area contributed by atoms with E-state index >= 15 is 0 Å². The second-order valence-electron chi connectivity index (χ2n) is 14.7. The molecule has 14 heteroatoms. The van der Waals surface area contributed by atoms with E-state index in [2.05, 4.69) is 29.7 Å². The number of aromatic nitrogens is 2. The van der Waals surface area contributed by atoms with Gasteiger partial charge in [0.2, 0.25) is 0 Å². The zero-order valence-corrected chi connectivity index (χ0v) is 29.5. The Balaban J connectivity index is 1.69. The lowest BCUT2D eigenvalue weighted by Gasteiger charge is -2.28. The minimum Gasteiger partial charge on any atom is -0.376 e. The Labute approximate surface area is 269 Å². The Morgan fingerprint density at radius 3 is 2.38 bits per heavy atom. The van der Waals surface area contributed by atoms with E-state index in [9.17, 15) is 17.4 Å². The number of nitrogens with zero attached hydrogens (tertiary/aromatic N) is 2. The first kappa shape index (κ1) is 36.4. The van der Waals surface area contributed by atoms with E-state index in [1.807, 2.05) is 50.5 Å². The van der Waals surface area contributed by atoms with Crippen LogP contribution in [-0.4, -0.2) is 76.9 Å². The predicted octanol–water partition coefficient (Wildman–Crippen LogP) is 5.71. The van der Waals surface area contributed by atoms with Gasteiger partial charge in [-0.2, -0.15) is 13.2 Å². The van der Waals surface area contributed by atoms with E-state index in [1.165, 1.54) is 0 Å². The number of nitrogens with one attached hydrogen (secondary N) is 2. The summed E-state index contributed by atoms with van der Waals surface area (Å²) in [6.45, 7) is 15.2. The summed E-state index contributed by atoms with van der Waals surface area (Å²) in [7, 11) is -2.73. The van der Waals surface area contributed by atoms with Crippen LogP contribution in [-0.2, 0) is 31.9 Å². The quantitative estimate of drug-likeness (QED) is 0.137. The van der Waals surface area contributed by atoms with Crippen molar-refractivity contribution in [2.45, 2.75) is 133 Å². The van der Waals surface area contributed by atoms with Crippen LogP contribution in [0.2, 0.25) is 25.7 Å². The van der Waals surface area contributed by atoms with Crippen LogP contribution >= 0.6 is 0 Å². The third-order valence-electron chi connectivity index (χ3n) is 7.92. The summed E-state index contributed by atoms with van der Waals surface area (Å²) in [5.41, 5.74) is 7.63. The molecule has 2 saturated carbocycles. The molecule has 45 heavy (non-hydrogen) atoms. The van der Waals surface area contributed by atoms with E-state index in [1.54, 1.807) is 0 Å². The monoisotopic (exact) mass is 675 g/mol. The average molecular weight is 676 g/mol. The van der Waals surface area contributed by atoms with Crippen molar-refractivity contribution in [1.29, 1.82) is 0 Å². The van der Waals surface area contributed by atoms with Gasteiger partial charge in [0.25, 0.3) is 0 Å². The van der Waals surface area contributed by atoms with Gasteiger partial charge < -0.3 is 29.8 Å². The highest BCUT2D eigenvalue weighted by atomic mass is 32.2. The maximum absolute atomic E-state index is 13.4. The molecule has 2 aliphatic rings. The Kier molecular flexibility index (Phi) is 12.0. The number of benzene rings is 1.